The Hall–Kier alpha value is -1.59. The van der Waals surface area contributed by atoms with Crippen molar-refractivity contribution < 1.29 is 0 Å². The van der Waals surface area contributed by atoms with Gasteiger partial charge >= 0.3 is 0 Å². The van der Waals surface area contributed by atoms with Crippen LogP contribution in [0, 0.1) is 5.92 Å². The third-order valence-corrected chi connectivity index (χ3v) is 4.37. The third kappa shape index (κ3) is 3.11. The van der Waals surface area contributed by atoms with Crippen molar-refractivity contribution in [2.75, 3.05) is 6.54 Å². The normalized spacial score (nSPS) is 20.1. The van der Waals surface area contributed by atoms with Gasteiger partial charge in [-0.3, -0.25) is 0 Å². The maximum Gasteiger partial charge on any atom is 0.189 e. The van der Waals surface area contributed by atoms with Crippen molar-refractivity contribution in [1.29, 1.82) is 0 Å². The molecule has 2 heterocycles. The van der Waals surface area contributed by atoms with Crippen molar-refractivity contribution >= 4 is 5.96 Å². The molecule has 0 radical (unpaired) electrons. The van der Waals surface area contributed by atoms with Gasteiger partial charge in [-0.2, -0.15) is 0 Å². The molecule has 0 atom stereocenters. The smallest absolute Gasteiger partial charge is 0.189 e. The van der Waals surface area contributed by atoms with E-state index in [-0.39, 0.29) is 0 Å². The number of aliphatic imine (C=N–C) groups is 1. The Kier molecular flexibility index (Phi) is 4.18. The predicted octanol–water partition coefficient (Wildman–Crippen LogP) is 1.21. The van der Waals surface area contributed by atoms with E-state index in [2.05, 4.69) is 25.1 Å². The van der Waals surface area contributed by atoms with Crippen LogP contribution in [0.4, 0.5) is 0 Å². The van der Waals surface area contributed by atoms with Crippen molar-refractivity contribution in [2.24, 2.45) is 16.6 Å². The molecule has 0 bridgehead atoms. The minimum Gasteiger partial charge on any atom is -0.370 e. The second kappa shape index (κ2) is 6.24. The van der Waals surface area contributed by atoms with Gasteiger partial charge in [-0.15, -0.1) is 10.2 Å². The molecule has 0 unspecified atom stereocenters. The fourth-order valence-corrected chi connectivity index (χ4v) is 2.82. The first-order chi connectivity index (χ1) is 9.83. The first-order valence-electron chi connectivity index (χ1n) is 7.77. The van der Waals surface area contributed by atoms with Gasteiger partial charge in [-0.05, 0) is 31.6 Å². The van der Waals surface area contributed by atoms with Crippen molar-refractivity contribution in [1.82, 2.24) is 20.1 Å². The van der Waals surface area contributed by atoms with E-state index in [0.717, 1.165) is 37.1 Å². The van der Waals surface area contributed by atoms with Crippen molar-refractivity contribution in [3.8, 4) is 0 Å². The van der Waals surface area contributed by atoms with E-state index in [1.807, 2.05) is 0 Å². The molecule has 3 rings (SSSR count). The zero-order chi connectivity index (χ0) is 13.8. The number of nitrogens with one attached hydrogen (secondary N) is 1. The molecule has 0 amide bonds. The molecule has 1 aromatic rings. The summed E-state index contributed by atoms with van der Waals surface area (Å²) in [5.41, 5.74) is 5.91. The average molecular weight is 276 g/mol. The Balaban J connectivity index is 1.55. The van der Waals surface area contributed by atoms with Crippen LogP contribution in [0.2, 0.25) is 0 Å². The molecule has 1 aliphatic heterocycles. The van der Waals surface area contributed by atoms with E-state index in [4.69, 9.17) is 5.73 Å². The second-order valence-corrected chi connectivity index (χ2v) is 5.87. The molecular weight excluding hydrogens is 252 g/mol. The highest BCUT2D eigenvalue weighted by Crippen LogP contribution is 2.25. The number of aromatic nitrogens is 3. The van der Waals surface area contributed by atoms with E-state index in [1.165, 1.54) is 38.5 Å². The maximum atomic E-state index is 5.91. The number of nitrogens with zero attached hydrogens (tertiary/aromatic N) is 4. The fourth-order valence-electron chi connectivity index (χ4n) is 2.82. The molecule has 0 spiro atoms. The lowest BCUT2D eigenvalue weighted by molar-refractivity contribution is 0.315. The monoisotopic (exact) mass is 276 g/mol. The molecule has 6 heteroatoms. The summed E-state index contributed by atoms with van der Waals surface area (Å²) in [5.74, 6) is 3.36. The molecule has 2 aliphatic rings. The van der Waals surface area contributed by atoms with E-state index in [9.17, 15) is 0 Å². The summed E-state index contributed by atoms with van der Waals surface area (Å²) in [4.78, 5) is 4.40. The number of rotatable bonds is 4. The fraction of sp³-hybridized carbons (Fsp3) is 0.786. The van der Waals surface area contributed by atoms with Gasteiger partial charge in [0.15, 0.2) is 11.8 Å². The Morgan fingerprint density at radius 2 is 2.15 bits per heavy atom. The van der Waals surface area contributed by atoms with Crippen LogP contribution in [0.1, 0.15) is 50.2 Å². The van der Waals surface area contributed by atoms with Crippen molar-refractivity contribution in [2.45, 2.75) is 58.0 Å². The highest BCUT2D eigenvalue weighted by Gasteiger charge is 2.17. The molecule has 6 nitrogen and oxygen atoms in total. The number of hydrogen-bond acceptors (Lipinski definition) is 3. The summed E-state index contributed by atoms with van der Waals surface area (Å²) in [6.07, 6.45) is 8.72. The van der Waals surface area contributed by atoms with Gasteiger partial charge in [0, 0.05) is 19.5 Å². The largest absolute Gasteiger partial charge is 0.370 e. The van der Waals surface area contributed by atoms with E-state index < -0.39 is 0 Å². The lowest BCUT2D eigenvalue weighted by Gasteiger charge is -2.25. The van der Waals surface area contributed by atoms with E-state index >= 15 is 0 Å². The van der Waals surface area contributed by atoms with Crippen LogP contribution in [0.25, 0.3) is 0 Å². The topological polar surface area (TPSA) is 81.1 Å². The van der Waals surface area contributed by atoms with Gasteiger partial charge in [0.1, 0.15) is 12.4 Å². The first kappa shape index (κ1) is 13.4. The highest BCUT2D eigenvalue weighted by atomic mass is 15.3. The van der Waals surface area contributed by atoms with Crippen LogP contribution in [0.15, 0.2) is 4.99 Å². The summed E-state index contributed by atoms with van der Waals surface area (Å²) >= 11 is 0. The lowest BCUT2D eigenvalue weighted by Crippen LogP contribution is -2.37. The number of fused-ring (bicyclic) bond motifs is 1. The van der Waals surface area contributed by atoms with Crippen LogP contribution >= 0.6 is 0 Å². The van der Waals surface area contributed by atoms with Crippen molar-refractivity contribution in [3.05, 3.63) is 11.6 Å². The molecule has 20 heavy (non-hydrogen) atoms. The summed E-state index contributed by atoms with van der Waals surface area (Å²) in [6, 6.07) is 0. The van der Waals surface area contributed by atoms with Gasteiger partial charge in [0.2, 0.25) is 0 Å². The minimum atomic E-state index is 0.524. The zero-order valence-corrected chi connectivity index (χ0v) is 12.0. The van der Waals surface area contributed by atoms with Gasteiger partial charge in [0.05, 0.1) is 0 Å². The van der Waals surface area contributed by atoms with E-state index in [1.54, 1.807) is 0 Å². The molecule has 1 aromatic heterocycles. The van der Waals surface area contributed by atoms with Gasteiger partial charge in [-0.1, -0.05) is 12.8 Å². The average Bonchev–Trinajstić information content (AvgIpc) is 2.62. The summed E-state index contributed by atoms with van der Waals surface area (Å²) in [7, 11) is 0. The van der Waals surface area contributed by atoms with Gasteiger partial charge in [-0.25, -0.2) is 4.99 Å². The maximum absolute atomic E-state index is 5.91. The van der Waals surface area contributed by atoms with Crippen LogP contribution in [-0.2, 0) is 19.5 Å². The summed E-state index contributed by atoms with van der Waals surface area (Å²) in [5, 5.41) is 11.7. The van der Waals surface area contributed by atoms with Crippen LogP contribution < -0.4 is 11.1 Å². The summed E-state index contributed by atoms with van der Waals surface area (Å²) in [6.45, 7) is 2.49. The molecular formula is C14H24N6. The van der Waals surface area contributed by atoms with Crippen LogP contribution in [-0.4, -0.2) is 27.3 Å². The molecule has 1 aliphatic carbocycles. The van der Waals surface area contributed by atoms with E-state index in [0.29, 0.717) is 12.5 Å². The third-order valence-electron chi connectivity index (χ3n) is 4.37. The first-order valence-corrected chi connectivity index (χ1v) is 7.77. The highest BCUT2D eigenvalue weighted by molar-refractivity contribution is 5.77. The molecule has 0 aromatic carbocycles. The lowest BCUT2D eigenvalue weighted by atomic mass is 9.85. The Morgan fingerprint density at radius 3 is 2.95 bits per heavy atom. The summed E-state index contributed by atoms with van der Waals surface area (Å²) < 4.78 is 2.22. The number of aryl methyl sites for hydroxylation is 1. The molecule has 0 saturated heterocycles. The number of guanidine groups is 1. The predicted molar refractivity (Wildman–Crippen MR) is 78.2 cm³/mol. The molecule has 1 fully saturated rings. The van der Waals surface area contributed by atoms with Gasteiger partial charge in [0.25, 0.3) is 0 Å². The SMILES string of the molecule is NC(=NCc1nnc2n1CCCCC2)NCC1CCC1. The molecule has 1 saturated carbocycles. The van der Waals surface area contributed by atoms with Crippen LogP contribution in [0.5, 0.6) is 0 Å². The molecule has 3 N–H and O–H groups in total. The zero-order valence-electron chi connectivity index (χ0n) is 12.0. The standard InChI is InChI=1S/C14H24N6/c15-14(16-9-11-5-4-6-11)17-10-13-19-18-12-7-2-1-3-8-20(12)13/h11H,1-10H2,(H3,15,16,17). The Morgan fingerprint density at radius 1 is 1.25 bits per heavy atom. The van der Waals surface area contributed by atoms with Crippen LogP contribution in [0.3, 0.4) is 0 Å². The molecule has 110 valence electrons. The Bertz CT molecular complexity index is 474. The second-order valence-electron chi connectivity index (χ2n) is 5.87. The minimum absolute atomic E-state index is 0.524. The van der Waals surface area contributed by atoms with Gasteiger partial charge < -0.3 is 15.6 Å². The quantitative estimate of drug-likeness (QED) is 0.640. The van der Waals surface area contributed by atoms with Crippen molar-refractivity contribution in [3.63, 3.8) is 0 Å². The Labute approximate surface area is 119 Å². The number of nitrogens with two attached hydrogens (primary N) is 1. The number of hydrogen-bond donors (Lipinski definition) is 2.